The van der Waals surface area contributed by atoms with E-state index in [-0.39, 0.29) is 6.03 Å². The largest absolute Gasteiger partial charge is 0.497 e. The number of hydrogen-bond donors (Lipinski definition) is 2. The Balaban J connectivity index is 1.47. The Morgan fingerprint density at radius 1 is 1.18 bits per heavy atom. The van der Waals surface area contributed by atoms with Crippen LogP contribution in [0.2, 0.25) is 0 Å². The van der Waals surface area contributed by atoms with E-state index < -0.39 is 0 Å². The van der Waals surface area contributed by atoms with E-state index in [1.54, 1.807) is 30.2 Å². The zero-order valence-electron chi connectivity index (χ0n) is 15.2. The van der Waals surface area contributed by atoms with E-state index in [1.165, 1.54) is 0 Å². The number of nitrogens with one attached hydrogen (secondary N) is 2. The van der Waals surface area contributed by atoms with Gasteiger partial charge in [-0.05, 0) is 35.9 Å². The summed E-state index contributed by atoms with van der Waals surface area (Å²) in [5.41, 5.74) is 3.25. The van der Waals surface area contributed by atoms with Crippen LogP contribution in [-0.2, 0) is 6.54 Å². The maximum Gasteiger partial charge on any atom is 0.320 e. The van der Waals surface area contributed by atoms with Crippen LogP contribution >= 0.6 is 0 Å². The summed E-state index contributed by atoms with van der Waals surface area (Å²) in [5, 5.41) is 10.0. The Kier molecular flexibility index (Phi) is 4.83. The number of methoxy groups -OCH3 is 1. The van der Waals surface area contributed by atoms with Crippen molar-refractivity contribution in [2.24, 2.45) is 0 Å². The van der Waals surface area contributed by atoms with E-state index in [1.807, 2.05) is 48.5 Å². The summed E-state index contributed by atoms with van der Waals surface area (Å²) in [6.45, 7) is 0.380. The number of fused-ring (bicyclic) bond motifs is 1. The highest BCUT2D eigenvalue weighted by atomic mass is 16.5. The number of benzene rings is 1. The number of aromatic nitrogens is 4. The van der Waals surface area contributed by atoms with Crippen molar-refractivity contribution in [2.45, 2.75) is 6.54 Å². The van der Waals surface area contributed by atoms with Gasteiger partial charge in [0.2, 0.25) is 0 Å². The molecule has 2 N–H and O–H groups in total. The first-order chi connectivity index (χ1) is 13.7. The summed E-state index contributed by atoms with van der Waals surface area (Å²) >= 11 is 0. The topological polar surface area (TPSA) is 93.4 Å². The fraction of sp³-hybridized carbons (Fsp3) is 0.100. The number of urea groups is 1. The summed E-state index contributed by atoms with van der Waals surface area (Å²) in [5.74, 6) is 1.18. The van der Waals surface area contributed by atoms with Gasteiger partial charge in [-0.2, -0.15) is 5.10 Å². The molecular formula is C20H18N6O2. The highest BCUT2D eigenvalue weighted by molar-refractivity contribution is 5.88. The molecule has 2 amide bonds. The molecule has 0 unspecified atom stereocenters. The van der Waals surface area contributed by atoms with Gasteiger partial charge in [0.1, 0.15) is 5.75 Å². The van der Waals surface area contributed by atoms with Crippen molar-refractivity contribution < 1.29 is 9.53 Å². The number of ether oxygens (including phenoxy) is 1. The fourth-order valence-electron chi connectivity index (χ4n) is 2.72. The summed E-state index contributed by atoms with van der Waals surface area (Å²) in [4.78, 5) is 20.5. The molecule has 0 radical (unpaired) electrons. The van der Waals surface area contributed by atoms with Crippen LogP contribution < -0.4 is 15.4 Å². The van der Waals surface area contributed by atoms with Gasteiger partial charge in [0.25, 0.3) is 0 Å². The molecule has 0 fully saturated rings. The van der Waals surface area contributed by atoms with Crippen LogP contribution in [0.4, 0.5) is 10.6 Å². The van der Waals surface area contributed by atoms with Crippen LogP contribution in [0.3, 0.4) is 0 Å². The van der Waals surface area contributed by atoms with Crippen molar-refractivity contribution in [3.8, 4) is 17.0 Å². The van der Waals surface area contributed by atoms with Gasteiger partial charge in [0, 0.05) is 24.5 Å². The lowest BCUT2D eigenvalue weighted by atomic mass is 10.1. The van der Waals surface area contributed by atoms with Crippen LogP contribution in [0.15, 0.2) is 67.1 Å². The minimum atomic E-state index is -0.347. The maximum absolute atomic E-state index is 12.1. The molecule has 8 heteroatoms. The molecule has 4 aromatic rings. The summed E-state index contributed by atoms with van der Waals surface area (Å²) in [6.07, 6.45) is 5.06. The smallest absolute Gasteiger partial charge is 0.320 e. The SMILES string of the molecule is COc1cccc(-c2ccc3nc(NC(=O)NCc4cccnc4)cn3n2)c1. The minimum Gasteiger partial charge on any atom is -0.497 e. The number of rotatable bonds is 5. The lowest BCUT2D eigenvalue weighted by molar-refractivity contribution is 0.251. The molecule has 1 aromatic carbocycles. The van der Waals surface area contributed by atoms with Crippen molar-refractivity contribution in [3.63, 3.8) is 0 Å². The molecule has 0 atom stereocenters. The van der Waals surface area contributed by atoms with Crippen molar-refractivity contribution in [1.29, 1.82) is 0 Å². The Hall–Kier alpha value is -3.94. The van der Waals surface area contributed by atoms with Gasteiger partial charge < -0.3 is 10.1 Å². The van der Waals surface area contributed by atoms with Crippen molar-refractivity contribution >= 4 is 17.5 Å². The van der Waals surface area contributed by atoms with Gasteiger partial charge in [-0.25, -0.2) is 14.3 Å². The zero-order valence-corrected chi connectivity index (χ0v) is 15.2. The predicted molar refractivity (Wildman–Crippen MR) is 105 cm³/mol. The third-order valence-corrected chi connectivity index (χ3v) is 4.10. The number of carbonyl (C=O) groups is 1. The molecule has 28 heavy (non-hydrogen) atoms. The first kappa shape index (κ1) is 17.5. The van der Waals surface area contributed by atoms with Crippen LogP contribution in [0.1, 0.15) is 5.56 Å². The molecule has 3 heterocycles. The Morgan fingerprint density at radius 3 is 2.93 bits per heavy atom. The molecule has 4 rings (SSSR count). The molecule has 0 saturated heterocycles. The first-order valence-electron chi connectivity index (χ1n) is 8.66. The quantitative estimate of drug-likeness (QED) is 0.560. The number of imidazole rings is 1. The monoisotopic (exact) mass is 374 g/mol. The van der Waals surface area contributed by atoms with E-state index >= 15 is 0 Å². The van der Waals surface area contributed by atoms with Gasteiger partial charge in [-0.3, -0.25) is 10.3 Å². The van der Waals surface area contributed by atoms with Gasteiger partial charge in [-0.1, -0.05) is 18.2 Å². The Labute approximate surface area is 161 Å². The van der Waals surface area contributed by atoms with Crippen molar-refractivity contribution in [3.05, 3.63) is 72.7 Å². The fourth-order valence-corrected chi connectivity index (χ4v) is 2.72. The molecule has 3 aromatic heterocycles. The van der Waals surface area contributed by atoms with E-state index in [0.717, 1.165) is 22.6 Å². The molecule has 0 spiro atoms. The Morgan fingerprint density at radius 2 is 2.11 bits per heavy atom. The van der Waals surface area contributed by atoms with E-state index in [2.05, 4.69) is 25.7 Å². The van der Waals surface area contributed by atoms with Gasteiger partial charge >= 0.3 is 6.03 Å². The molecule has 0 aliphatic rings. The van der Waals surface area contributed by atoms with E-state index in [9.17, 15) is 4.79 Å². The lowest BCUT2D eigenvalue weighted by Crippen LogP contribution is -2.28. The molecule has 0 bridgehead atoms. The summed E-state index contributed by atoms with van der Waals surface area (Å²) < 4.78 is 6.89. The molecule has 0 aliphatic carbocycles. The van der Waals surface area contributed by atoms with Crippen LogP contribution in [0, 0.1) is 0 Å². The molecule has 0 aliphatic heterocycles. The van der Waals surface area contributed by atoms with Gasteiger partial charge in [0.05, 0.1) is 19.0 Å². The molecule has 0 saturated carbocycles. The highest BCUT2D eigenvalue weighted by Crippen LogP contribution is 2.22. The number of hydrogen-bond acceptors (Lipinski definition) is 5. The lowest BCUT2D eigenvalue weighted by Gasteiger charge is -2.04. The van der Waals surface area contributed by atoms with Gasteiger partial charge in [0.15, 0.2) is 11.5 Å². The second-order valence-corrected chi connectivity index (χ2v) is 6.05. The number of nitrogens with zero attached hydrogens (tertiary/aromatic N) is 4. The van der Waals surface area contributed by atoms with Gasteiger partial charge in [-0.15, -0.1) is 0 Å². The summed E-state index contributed by atoms with van der Waals surface area (Å²) in [7, 11) is 1.63. The second kappa shape index (κ2) is 7.75. The number of carbonyl (C=O) groups excluding carboxylic acids is 1. The van der Waals surface area contributed by atoms with E-state index in [0.29, 0.717) is 18.0 Å². The number of pyridine rings is 1. The minimum absolute atomic E-state index is 0.347. The second-order valence-electron chi connectivity index (χ2n) is 6.05. The van der Waals surface area contributed by atoms with Crippen molar-refractivity contribution in [1.82, 2.24) is 24.9 Å². The Bertz CT molecular complexity index is 1110. The average molecular weight is 374 g/mol. The number of amides is 2. The zero-order chi connectivity index (χ0) is 19.3. The summed E-state index contributed by atoms with van der Waals surface area (Å²) in [6, 6.07) is 14.8. The van der Waals surface area contributed by atoms with Crippen LogP contribution in [0.5, 0.6) is 5.75 Å². The first-order valence-corrected chi connectivity index (χ1v) is 8.66. The number of anilines is 1. The van der Waals surface area contributed by atoms with Crippen LogP contribution in [-0.4, -0.2) is 32.7 Å². The van der Waals surface area contributed by atoms with Crippen molar-refractivity contribution in [2.75, 3.05) is 12.4 Å². The highest BCUT2D eigenvalue weighted by Gasteiger charge is 2.09. The maximum atomic E-state index is 12.1. The molecule has 140 valence electrons. The third kappa shape index (κ3) is 3.90. The van der Waals surface area contributed by atoms with Crippen LogP contribution in [0.25, 0.3) is 16.9 Å². The molecular weight excluding hydrogens is 356 g/mol. The molecule has 8 nitrogen and oxygen atoms in total. The average Bonchev–Trinajstić information content (AvgIpc) is 3.14. The predicted octanol–water partition coefficient (Wildman–Crippen LogP) is 3.12. The normalized spacial score (nSPS) is 10.6. The third-order valence-electron chi connectivity index (χ3n) is 4.10. The van der Waals surface area contributed by atoms with E-state index in [4.69, 9.17) is 4.74 Å². The standard InChI is InChI=1S/C20H18N6O2/c1-28-16-6-2-5-15(10-16)17-7-8-19-23-18(13-26(19)25-17)24-20(27)22-12-14-4-3-9-21-11-14/h2-11,13H,12H2,1H3,(H2,22,24,27).